The smallest absolute Gasteiger partial charge is 0.307 e. The Morgan fingerprint density at radius 3 is 2.25 bits per heavy atom. The minimum atomic E-state index is -0.678. The van der Waals surface area contributed by atoms with Gasteiger partial charge in [-0.2, -0.15) is 0 Å². The molecule has 1 rings (SSSR count). The first kappa shape index (κ1) is 16.0. The minimum Gasteiger partial charge on any atom is -0.497 e. The number of ether oxygens (including phenoxy) is 2. The predicted octanol–water partition coefficient (Wildman–Crippen LogP) is 1.65. The Morgan fingerprint density at radius 1 is 1.15 bits per heavy atom. The lowest BCUT2D eigenvalue weighted by Gasteiger charge is -2.24. The number of hydrogen-bond acceptors (Lipinski definition) is 4. The van der Waals surface area contributed by atoms with E-state index < -0.39 is 5.41 Å². The molecule has 0 atom stereocenters. The maximum Gasteiger partial charge on any atom is 0.307 e. The van der Waals surface area contributed by atoms with Crippen LogP contribution in [-0.2, 0) is 19.7 Å². The summed E-state index contributed by atoms with van der Waals surface area (Å²) in [6.07, 6.45) is 0.168. The second kappa shape index (κ2) is 6.93. The fourth-order valence-electron chi connectivity index (χ4n) is 1.74. The Labute approximate surface area is 119 Å². The fourth-order valence-corrected chi connectivity index (χ4v) is 1.74. The number of rotatable bonds is 6. The standard InChI is InChI=1S/C15H21NO4/c1-15(2,11-5-7-12(19-3)8-6-11)14(18)16-10-9-13(17)20-4/h5-8H,9-10H2,1-4H3,(H,16,18). The Kier molecular flexibility index (Phi) is 5.55. The number of methoxy groups -OCH3 is 2. The van der Waals surface area contributed by atoms with Gasteiger partial charge in [0.25, 0.3) is 0 Å². The van der Waals surface area contributed by atoms with E-state index in [1.165, 1.54) is 7.11 Å². The molecule has 0 radical (unpaired) electrons. The van der Waals surface area contributed by atoms with Crippen molar-refractivity contribution in [3.8, 4) is 5.75 Å². The summed E-state index contributed by atoms with van der Waals surface area (Å²) in [4.78, 5) is 23.2. The van der Waals surface area contributed by atoms with Crippen molar-refractivity contribution in [1.82, 2.24) is 5.32 Å². The first-order chi connectivity index (χ1) is 9.41. The van der Waals surface area contributed by atoms with Gasteiger partial charge < -0.3 is 14.8 Å². The number of amides is 1. The third-order valence-electron chi connectivity index (χ3n) is 3.22. The first-order valence-corrected chi connectivity index (χ1v) is 6.41. The second-order valence-electron chi connectivity index (χ2n) is 4.94. The highest BCUT2D eigenvalue weighted by molar-refractivity contribution is 5.87. The first-order valence-electron chi connectivity index (χ1n) is 6.41. The molecule has 0 fully saturated rings. The zero-order valence-electron chi connectivity index (χ0n) is 12.4. The van der Waals surface area contributed by atoms with Crippen molar-refractivity contribution < 1.29 is 19.1 Å². The van der Waals surface area contributed by atoms with Crippen molar-refractivity contribution in [2.45, 2.75) is 25.7 Å². The summed E-state index contributed by atoms with van der Waals surface area (Å²) in [7, 11) is 2.92. The van der Waals surface area contributed by atoms with Gasteiger partial charge in [0.15, 0.2) is 0 Å². The van der Waals surface area contributed by atoms with Gasteiger partial charge in [-0.1, -0.05) is 12.1 Å². The van der Waals surface area contributed by atoms with Crippen LogP contribution in [0.4, 0.5) is 0 Å². The number of carbonyl (C=O) groups excluding carboxylic acids is 2. The van der Waals surface area contributed by atoms with E-state index in [2.05, 4.69) is 10.1 Å². The number of hydrogen-bond donors (Lipinski definition) is 1. The summed E-state index contributed by atoms with van der Waals surface area (Å²) in [5.74, 6) is 0.273. The Hall–Kier alpha value is -2.04. The topological polar surface area (TPSA) is 64.6 Å². The van der Waals surface area contributed by atoms with Gasteiger partial charge in [0, 0.05) is 6.54 Å². The molecule has 110 valence electrons. The lowest BCUT2D eigenvalue weighted by molar-refractivity contribution is -0.140. The van der Waals surface area contributed by atoms with Crippen molar-refractivity contribution in [2.24, 2.45) is 0 Å². The van der Waals surface area contributed by atoms with Crippen LogP contribution in [-0.4, -0.2) is 32.6 Å². The van der Waals surface area contributed by atoms with E-state index >= 15 is 0 Å². The second-order valence-corrected chi connectivity index (χ2v) is 4.94. The summed E-state index contributed by atoms with van der Waals surface area (Å²) in [6, 6.07) is 7.36. The molecule has 1 aromatic rings. The van der Waals surface area contributed by atoms with E-state index in [9.17, 15) is 9.59 Å². The highest BCUT2D eigenvalue weighted by Crippen LogP contribution is 2.25. The third-order valence-corrected chi connectivity index (χ3v) is 3.22. The monoisotopic (exact) mass is 279 g/mol. The molecule has 5 nitrogen and oxygen atoms in total. The van der Waals surface area contributed by atoms with E-state index in [1.807, 2.05) is 38.1 Å². The molecule has 0 heterocycles. The van der Waals surface area contributed by atoms with Crippen molar-refractivity contribution in [3.63, 3.8) is 0 Å². The average Bonchev–Trinajstić information content (AvgIpc) is 2.46. The van der Waals surface area contributed by atoms with E-state index in [0.29, 0.717) is 0 Å². The summed E-state index contributed by atoms with van der Waals surface area (Å²) < 4.78 is 9.62. The third kappa shape index (κ3) is 3.98. The molecule has 0 bridgehead atoms. The maximum absolute atomic E-state index is 12.2. The highest BCUT2D eigenvalue weighted by Gasteiger charge is 2.29. The fraction of sp³-hybridized carbons (Fsp3) is 0.467. The van der Waals surface area contributed by atoms with E-state index in [4.69, 9.17) is 4.74 Å². The van der Waals surface area contributed by atoms with Crippen LogP contribution in [0.25, 0.3) is 0 Å². The van der Waals surface area contributed by atoms with Crippen LogP contribution >= 0.6 is 0 Å². The van der Waals surface area contributed by atoms with Gasteiger partial charge in [-0.05, 0) is 31.5 Å². The molecule has 0 aromatic heterocycles. The van der Waals surface area contributed by atoms with Crippen LogP contribution in [0.3, 0.4) is 0 Å². The van der Waals surface area contributed by atoms with Crippen molar-refractivity contribution in [3.05, 3.63) is 29.8 Å². The lowest BCUT2D eigenvalue weighted by Crippen LogP contribution is -2.40. The summed E-state index contributed by atoms with van der Waals surface area (Å²) >= 11 is 0. The molecule has 0 aliphatic carbocycles. The summed E-state index contributed by atoms with van der Waals surface area (Å²) in [6.45, 7) is 3.94. The van der Waals surface area contributed by atoms with Crippen molar-refractivity contribution in [2.75, 3.05) is 20.8 Å². The zero-order chi connectivity index (χ0) is 15.2. The number of carbonyl (C=O) groups is 2. The lowest BCUT2D eigenvalue weighted by atomic mass is 9.83. The van der Waals surface area contributed by atoms with Gasteiger partial charge in [-0.15, -0.1) is 0 Å². The predicted molar refractivity (Wildman–Crippen MR) is 75.7 cm³/mol. The molecule has 20 heavy (non-hydrogen) atoms. The molecule has 0 aliphatic rings. The van der Waals surface area contributed by atoms with Crippen LogP contribution in [0.15, 0.2) is 24.3 Å². The van der Waals surface area contributed by atoms with Gasteiger partial charge in [-0.3, -0.25) is 9.59 Å². The molecule has 0 saturated heterocycles. The molecule has 0 unspecified atom stereocenters. The highest BCUT2D eigenvalue weighted by atomic mass is 16.5. The van der Waals surface area contributed by atoms with E-state index in [0.717, 1.165) is 11.3 Å². The molecule has 1 N–H and O–H groups in total. The van der Waals surface area contributed by atoms with Crippen molar-refractivity contribution >= 4 is 11.9 Å². The molecule has 1 aromatic carbocycles. The molecule has 1 amide bonds. The van der Waals surface area contributed by atoms with E-state index in [1.54, 1.807) is 7.11 Å². The van der Waals surface area contributed by atoms with Gasteiger partial charge >= 0.3 is 5.97 Å². The van der Waals surface area contributed by atoms with E-state index in [-0.39, 0.29) is 24.8 Å². The quantitative estimate of drug-likeness (QED) is 0.804. The van der Waals surface area contributed by atoms with Crippen LogP contribution < -0.4 is 10.1 Å². The Bertz CT molecular complexity index is 465. The van der Waals surface area contributed by atoms with Crippen LogP contribution in [0.5, 0.6) is 5.75 Å². The molecule has 0 spiro atoms. The summed E-state index contributed by atoms with van der Waals surface area (Å²) in [5.41, 5.74) is 0.205. The number of nitrogens with one attached hydrogen (secondary N) is 1. The normalized spacial score (nSPS) is 10.8. The minimum absolute atomic E-state index is 0.133. The Morgan fingerprint density at radius 2 is 1.75 bits per heavy atom. The van der Waals surface area contributed by atoms with Gasteiger partial charge in [0.05, 0.1) is 26.1 Å². The maximum atomic E-state index is 12.2. The number of benzene rings is 1. The molecular weight excluding hydrogens is 258 g/mol. The SMILES string of the molecule is COC(=O)CCNC(=O)C(C)(C)c1ccc(OC)cc1. The van der Waals surface area contributed by atoms with Crippen LogP contribution in [0.2, 0.25) is 0 Å². The van der Waals surface area contributed by atoms with Gasteiger partial charge in [0.1, 0.15) is 5.75 Å². The van der Waals surface area contributed by atoms with Crippen molar-refractivity contribution in [1.29, 1.82) is 0 Å². The van der Waals surface area contributed by atoms with Crippen LogP contribution in [0.1, 0.15) is 25.8 Å². The van der Waals surface area contributed by atoms with Gasteiger partial charge in [0.2, 0.25) is 5.91 Å². The largest absolute Gasteiger partial charge is 0.497 e. The molecule has 0 aliphatic heterocycles. The number of esters is 1. The molecule has 5 heteroatoms. The average molecular weight is 279 g/mol. The molecular formula is C15H21NO4. The molecule has 0 saturated carbocycles. The zero-order valence-corrected chi connectivity index (χ0v) is 12.4. The van der Waals surface area contributed by atoms with Crippen LogP contribution in [0, 0.1) is 0 Å². The Balaban J connectivity index is 2.66. The summed E-state index contributed by atoms with van der Waals surface area (Å²) in [5, 5.41) is 2.74. The van der Waals surface area contributed by atoms with Gasteiger partial charge in [-0.25, -0.2) is 0 Å².